The summed E-state index contributed by atoms with van der Waals surface area (Å²) >= 11 is 0. The topological polar surface area (TPSA) is 81.7 Å². The van der Waals surface area contributed by atoms with Gasteiger partial charge in [-0.2, -0.15) is 0 Å². The Morgan fingerprint density at radius 3 is 2.34 bits per heavy atom. The molecule has 1 aliphatic heterocycles. The molecule has 2 rings (SSSR count). The van der Waals surface area contributed by atoms with E-state index in [2.05, 4.69) is 18.8 Å². The Balaban J connectivity index is 2.21. The molecule has 1 heterocycles. The molecule has 3 unspecified atom stereocenters. The van der Waals surface area contributed by atoms with Crippen molar-refractivity contribution in [2.75, 3.05) is 34.5 Å². The van der Waals surface area contributed by atoms with Crippen LogP contribution >= 0.6 is 0 Å². The summed E-state index contributed by atoms with van der Waals surface area (Å²) in [5.74, 6) is 8.07. The summed E-state index contributed by atoms with van der Waals surface area (Å²) < 4.78 is 38.3. The minimum atomic E-state index is -0.761. The second kappa shape index (κ2) is 13.4. The van der Waals surface area contributed by atoms with Gasteiger partial charge in [-0.25, -0.2) is 4.79 Å². The van der Waals surface area contributed by atoms with Gasteiger partial charge in [-0.3, -0.25) is 0 Å². The predicted molar refractivity (Wildman–Crippen MR) is 119 cm³/mol. The van der Waals surface area contributed by atoms with Crippen LogP contribution in [0.2, 0.25) is 0 Å². The van der Waals surface area contributed by atoms with E-state index >= 15 is 0 Å². The van der Waals surface area contributed by atoms with Crippen LogP contribution in [0.3, 0.4) is 0 Å². The maximum atomic E-state index is 11.7. The molecule has 0 fully saturated rings. The minimum absolute atomic E-state index is 0.0502. The zero-order chi connectivity index (χ0) is 23.3. The van der Waals surface area contributed by atoms with Gasteiger partial charge in [-0.05, 0) is 25.5 Å². The lowest BCUT2D eigenvalue weighted by atomic mass is 10.1. The van der Waals surface area contributed by atoms with E-state index in [4.69, 9.17) is 33.2 Å². The van der Waals surface area contributed by atoms with Gasteiger partial charge in [-0.15, -0.1) is 5.92 Å². The molecule has 1 aromatic rings. The summed E-state index contributed by atoms with van der Waals surface area (Å²) in [5, 5.41) is 0. The molecule has 0 saturated heterocycles. The van der Waals surface area contributed by atoms with Gasteiger partial charge in [0, 0.05) is 18.6 Å². The van der Waals surface area contributed by atoms with Crippen LogP contribution in [-0.2, 0) is 14.2 Å². The molecule has 8 nitrogen and oxygen atoms in total. The fourth-order valence-electron chi connectivity index (χ4n) is 3.01. The number of unbranched alkanes of at least 4 members (excludes halogenated alkanes) is 2. The van der Waals surface area contributed by atoms with Gasteiger partial charge in [0.25, 0.3) is 0 Å². The molecular weight excluding hydrogens is 416 g/mol. The van der Waals surface area contributed by atoms with Crippen LogP contribution in [0.1, 0.15) is 33.1 Å². The molecule has 8 heteroatoms. The van der Waals surface area contributed by atoms with Gasteiger partial charge in [0.1, 0.15) is 30.7 Å². The standard InChI is InChI=1S/C24H32O8/c1-6-8-9-10-11-17-12-13-19(22(31-17)16-30-24(25)29-7-2)32-18-14-20(26-3)23(28-5)21(15-18)27-4/h12-15,17,19,22H,6-9,16H2,1-5H3. The van der Waals surface area contributed by atoms with Gasteiger partial charge < -0.3 is 33.2 Å². The Morgan fingerprint density at radius 1 is 1.03 bits per heavy atom. The number of hydrogen-bond acceptors (Lipinski definition) is 8. The first-order valence-corrected chi connectivity index (χ1v) is 10.6. The normalized spacial score (nSPS) is 19.3. The third-order valence-corrected chi connectivity index (χ3v) is 4.60. The van der Waals surface area contributed by atoms with Gasteiger partial charge in [0.15, 0.2) is 11.5 Å². The van der Waals surface area contributed by atoms with Gasteiger partial charge in [-0.1, -0.05) is 19.3 Å². The molecule has 0 bridgehead atoms. The van der Waals surface area contributed by atoms with Crippen molar-refractivity contribution in [3.8, 4) is 34.8 Å². The molecule has 176 valence electrons. The van der Waals surface area contributed by atoms with Crippen molar-refractivity contribution in [3.63, 3.8) is 0 Å². The van der Waals surface area contributed by atoms with Crippen molar-refractivity contribution in [1.29, 1.82) is 0 Å². The van der Waals surface area contributed by atoms with Crippen LogP contribution in [0.5, 0.6) is 23.0 Å². The van der Waals surface area contributed by atoms with E-state index in [9.17, 15) is 4.79 Å². The fraction of sp³-hybridized carbons (Fsp3) is 0.542. The monoisotopic (exact) mass is 448 g/mol. The highest BCUT2D eigenvalue weighted by Gasteiger charge is 2.30. The highest BCUT2D eigenvalue weighted by molar-refractivity contribution is 5.59. The number of carbonyl (C=O) groups is 1. The van der Waals surface area contributed by atoms with Crippen molar-refractivity contribution in [3.05, 3.63) is 24.3 Å². The summed E-state index contributed by atoms with van der Waals surface area (Å²) in [6, 6.07) is 3.38. The largest absolute Gasteiger partial charge is 0.508 e. The minimum Gasteiger partial charge on any atom is -0.493 e. The molecule has 1 aliphatic rings. The van der Waals surface area contributed by atoms with Gasteiger partial charge >= 0.3 is 6.16 Å². The lowest BCUT2D eigenvalue weighted by Gasteiger charge is -2.30. The van der Waals surface area contributed by atoms with Crippen molar-refractivity contribution >= 4 is 6.16 Å². The first-order chi connectivity index (χ1) is 15.6. The Bertz CT molecular complexity index is 798. The molecule has 32 heavy (non-hydrogen) atoms. The number of benzene rings is 1. The highest BCUT2D eigenvalue weighted by Crippen LogP contribution is 2.41. The Hall–Kier alpha value is -3.05. The average Bonchev–Trinajstić information content (AvgIpc) is 2.81. The number of rotatable bonds is 10. The van der Waals surface area contributed by atoms with Crippen LogP contribution in [0, 0.1) is 11.8 Å². The van der Waals surface area contributed by atoms with E-state index in [0.717, 1.165) is 19.3 Å². The SMILES string of the molecule is CCCCC#CC1C=CC(Oc2cc(OC)c(OC)c(OC)c2)C(COC(=O)OCC)O1. The first kappa shape index (κ1) is 25.2. The quantitative estimate of drug-likeness (QED) is 0.229. The number of ether oxygens (including phenoxy) is 7. The zero-order valence-electron chi connectivity index (χ0n) is 19.3. The van der Waals surface area contributed by atoms with Crippen molar-refractivity contribution < 1.29 is 38.0 Å². The van der Waals surface area contributed by atoms with Gasteiger partial charge in [0.2, 0.25) is 5.75 Å². The Labute approximate surface area is 189 Å². The molecule has 0 spiro atoms. The summed E-state index contributed by atoms with van der Waals surface area (Å²) in [6.07, 6.45) is 4.30. The maximum Gasteiger partial charge on any atom is 0.508 e. The zero-order valence-corrected chi connectivity index (χ0v) is 19.3. The Morgan fingerprint density at radius 2 is 1.75 bits per heavy atom. The molecule has 0 aliphatic carbocycles. The summed E-state index contributed by atoms with van der Waals surface area (Å²) in [6.45, 7) is 4.00. The van der Waals surface area contributed by atoms with E-state index in [1.807, 2.05) is 12.2 Å². The number of hydrogen-bond donors (Lipinski definition) is 0. The molecule has 0 saturated carbocycles. The molecule has 3 atom stereocenters. The van der Waals surface area contributed by atoms with Crippen LogP contribution in [0.15, 0.2) is 24.3 Å². The second-order valence-electron chi connectivity index (χ2n) is 6.84. The lowest BCUT2D eigenvalue weighted by Crippen LogP contribution is -2.42. The molecular formula is C24H32O8. The van der Waals surface area contributed by atoms with E-state index < -0.39 is 24.5 Å². The number of methoxy groups -OCH3 is 3. The summed E-state index contributed by atoms with van der Waals surface area (Å²) in [5.41, 5.74) is 0. The number of carbonyl (C=O) groups excluding carboxylic acids is 1. The van der Waals surface area contributed by atoms with E-state index in [0.29, 0.717) is 23.0 Å². The van der Waals surface area contributed by atoms with Crippen molar-refractivity contribution in [1.82, 2.24) is 0 Å². The van der Waals surface area contributed by atoms with Crippen molar-refractivity contribution in [2.24, 2.45) is 0 Å². The van der Waals surface area contributed by atoms with Crippen LogP contribution < -0.4 is 18.9 Å². The first-order valence-electron chi connectivity index (χ1n) is 10.6. The molecule has 0 N–H and O–H groups in total. The fourth-order valence-corrected chi connectivity index (χ4v) is 3.01. The average molecular weight is 449 g/mol. The van der Waals surface area contributed by atoms with Crippen LogP contribution in [-0.4, -0.2) is 59.0 Å². The third kappa shape index (κ3) is 7.27. The summed E-state index contributed by atoms with van der Waals surface area (Å²) in [4.78, 5) is 11.7. The van der Waals surface area contributed by atoms with E-state index in [-0.39, 0.29) is 13.2 Å². The third-order valence-electron chi connectivity index (χ3n) is 4.60. The molecule has 0 radical (unpaired) electrons. The van der Waals surface area contributed by atoms with Gasteiger partial charge in [0.05, 0.1) is 27.9 Å². The highest BCUT2D eigenvalue weighted by atomic mass is 16.7. The summed E-state index contributed by atoms with van der Waals surface area (Å²) in [7, 11) is 4.59. The lowest BCUT2D eigenvalue weighted by molar-refractivity contribution is -0.0667. The molecule has 1 aromatic carbocycles. The van der Waals surface area contributed by atoms with Crippen LogP contribution in [0.25, 0.3) is 0 Å². The van der Waals surface area contributed by atoms with Crippen LogP contribution in [0.4, 0.5) is 4.79 Å². The maximum absolute atomic E-state index is 11.7. The van der Waals surface area contributed by atoms with E-state index in [1.54, 1.807) is 19.1 Å². The smallest absolute Gasteiger partial charge is 0.493 e. The molecule has 0 aromatic heterocycles. The Kier molecular flexibility index (Phi) is 10.5. The second-order valence-corrected chi connectivity index (χ2v) is 6.84. The molecule has 0 amide bonds. The van der Waals surface area contributed by atoms with Crippen molar-refractivity contribution in [2.45, 2.75) is 51.4 Å². The predicted octanol–water partition coefficient (Wildman–Crippen LogP) is 4.15. The van der Waals surface area contributed by atoms with E-state index in [1.165, 1.54) is 21.3 Å².